The van der Waals surface area contributed by atoms with Gasteiger partial charge < -0.3 is 20.4 Å². The number of aryl methyl sites for hydroxylation is 1. The van der Waals surface area contributed by atoms with Crippen molar-refractivity contribution in [3.8, 4) is 11.4 Å². The third kappa shape index (κ3) is 3.89. The van der Waals surface area contributed by atoms with Crippen LogP contribution < -0.4 is 10.9 Å². The lowest BCUT2D eigenvalue weighted by Gasteiger charge is -2.19. The van der Waals surface area contributed by atoms with Crippen molar-refractivity contribution in [2.75, 3.05) is 11.9 Å². The highest BCUT2D eigenvalue weighted by atomic mass is 32.1. The van der Waals surface area contributed by atoms with Crippen LogP contribution in [0.25, 0.3) is 37.4 Å². The zero-order valence-corrected chi connectivity index (χ0v) is 18.7. The second kappa shape index (κ2) is 8.54. The van der Waals surface area contributed by atoms with E-state index in [2.05, 4.69) is 42.6 Å². The number of aliphatic hydroxyl groups excluding tert-OH is 1. The van der Waals surface area contributed by atoms with Crippen LogP contribution in [0.4, 0.5) is 11.4 Å². The maximum absolute atomic E-state index is 12.8. The van der Waals surface area contributed by atoms with Crippen LogP contribution in [-0.2, 0) is 6.42 Å². The van der Waals surface area contributed by atoms with Gasteiger partial charge >= 0.3 is 0 Å². The predicted octanol–water partition coefficient (Wildman–Crippen LogP) is 5.01. The molecule has 7 nitrogen and oxygen atoms in total. The molecule has 0 saturated heterocycles. The predicted molar refractivity (Wildman–Crippen MR) is 133 cm³/mol. The van der Waals surface area contributed by atoms with Crippen LogP contribution in [0.5, 0.6) is 0 Å². The summed E-state index contributed by atoms with van der Waals surface area (Å²) in [4.78, 5) is 26.9. The molecule has 164 valence electrons. The lowest BCUT2D eigenvalue weighted by molar-refractivity contribution is 0.274. The van der Waals surface area contributed by atoms with Crippen molar-refractivity contribution >= 4 is 43.8 Å². The van der Waals surface area contributed by atoms with Gasteiger partial charge in [-0.1, -0.05) is 24.3 Å². The zero-order chi connectivity index (χ0) is 22.9. The molecule has 0 amide bonds. The Bertz CT molecular complexity index is 1570. The molecule has 1 unspecified atom stereocenters. The molecule has 0 saturated carbocycles. The summed E-state index contributed by atoms with van der Waals surface area (Å²) >= 11 is 1.68. The molecule has 2 aromatic carbocycles. The Hall–Kier alpha value is -3.93. The lowest BCUT2D eigenvalue weighted by Crippen LogP contribution is -2.27. The van der Waals surface area contributed by atoms with Crippen LogP contribution >= 0.6 is 11.3 Å². The molecule has 0 fully saturated rings. The number of fused-ring (bicyclic) bond motifs is 2. The fourth-order valence-electron chi connectivity index (χ4n) is 4.13. The summed E-state index contributed by atoms with van der Waals surface area (Å²) < 4.78 is 1.21. The van der Waals surface area contributed by atoms with E-state index in [0.717, 1.165) is 16.6 Å². The first kappa shape index (κ1) is 20.9. The fourth-order valence-corrected chi connectivity index (χ4v) is 5.10. The van der Waals surface area contributed by atoms with Crippen LogP contribution in [0.3, 0.4) is 0 Å². The quantitative estimate of drug-likeness (QED) is 0.271. The number of anilines is 1. The minimum absolute atomic E-state index is 0.0932. The second-order valence-electron chi connectivity index (χ2n) is 7.94. The van der Waals surface area contributed by atoms with Crippen molar-refractivity contribution in [1.82, 2.24) is 15.0 Å². The molecule has 5 aromatic rings. The van der Waals surface area contributed by atoms with Gasteiger partial charge in [-0.3, -0.25) is 4.79 Å². The molecular formula is C25H21N5O2S. The highest BCUT2D eigenvalue weighted by molar-refractivity contribution is 7.17. The van der Waals surface area contributed by atoms with E-state index in [1.807, 2.05) is 19.1 Å². The van der Waals surface area contributed by atoms with Crippen LogP contribution in [0.15, 0.2) is 58.8 Å². The van der Waals surface area contributed by atoms with Gasteiger partial charge in [0.1, 0.15) is 11.4 Å². The minimum atomic E-state index is -0.292. The maximum Gasteiger partial charge on any atom is 0.261 e. The molecule has 0 aliphatic heterocycles. The third-order valence-electron chi connectivity index (χ3n) is 5.70. The number of hydrogen-bond acceptors (Lipinski definition) is 5. The Labute approximate surface area is 193 Å². The van der Waals surface area contributed by atoms with E-state index >= 15 is 0 Å². The molecule has 0 aliphatic carbocycles. The molecule has 1 atom stereocenters. The average Bonchev–Trinajstić information content (AvgIpc) is 3.43. The number of aromatic amines is 2. The smallest absolute Gasteiger partial charge is 0.261 e. The molecule has 4 N–H and O–H groups in total. The van der Waals surface area contributed by atoms with E-state index in [4.69, 9.17) is 6.57 Å². The van der Waals surface area contributed by atoms with Gasteiger partial charge in [-0.2, -0.15) is 0 Å². The number of thiophene rings is 1. The number of aliphatic hydroxyl groups is 1. The summed E-state index contributed by atoms with van der Waals surface area (Å²) in [6.45, 7) is 9.09. The summed E-state index contributed by atoms with van der Waals surface area (Å²) in [5.74, 6) is 0.414. The van der Waals surface area contributed by atoms with Gasteiger partial charge in [0.25, 0.3) is 5.56 Å². The summed E-state index contributed by atoms with van der Waals surface area (Å²) in [6, 6.07) is 13.2. The Balaban J connectivity index is 1.52. The first-order chi connectivity index (χ1) is 16.1. The lowest BCUT2D eigenvalue weighted by atomic mass is 10.0. The summed E-state index contributed by atoms with van der Waals surface area (Å²) in [7, 11) is 0. The van der Waals surface area contributed by atoms with Crippen molar-refractivity contribution in [2.24, 2.45) is 0 Å². The largest absolute Gasteiger partial charge is 0.394 e. The Morgan fingerprint density at radius 2 is 2.12 bits per heavy atom. The summed E-state index contributed by atoms with van der Waals surface area (Å²) in [5.41, 5.74) is 4.60. The number of benzene rings is 2. The van der Waals surface area contributed by atoms with Crippen molar-refractivity contribution in [2.45, 2.75) is 19.4 Å². The van der Waals surface area contributed by atoms with E-state index in [1.165, 1.54) is 10.1 Å². The van der Waals surface area contributed by atoms with E-state index in [1.54, 1.807) is 35.7 Å². The van der Waals surface area contributed by atoms with E-state index in [0.29, 0.717) is 34.7 Å². The summed E-state index contributed by atoms with van der Waals surface area (Å²) in [5, 5.41) is 16.7. The van der Waals surface area contributed by atoms with Gasteiger partial charge in [0.2, 0.25) is 0 Å². The van der Waals surface area contributed by atoms with Crippen LogP contribution in [0.1, 0.15) is 11.1 Å². The van der Waals surface area contributed by atoms with Crippen molar-refractivity contribution in [3.63, 3.8) is 0 Å². The average molecular weight is 456 g/mol. The number of rotatable bonds is 6. The van der Waals surface area contributed by atoms with Crippen LogP contribution in [0.2, 0.25) is 0 Å². The molecule has 8 heteroatoms. The van der Waals surface area contributed by atoms with Crippen LogP contribution in [0, 0.1) is 13.5 Å². The van der Waals surface area contributed by atoms with E-state index < -0.39 is 0 Å². The number of aromatic nitrogens is 3. The number of imidazole rings is 1. The number of nitrogens with zero attached hydrogens (tertiary/aromatic N) is 2. The highest BCUT2D eigenvalue weighted by Crippen LogP contribution is 2.30. The minimum Gasteiger partial charge on any atom is -0.394 e. The van der Waals surface area contributed by atoms with Gasteiger partial charge in [0, 0.05) is 10.9 Å². The van der Waals surface area contributed by atoms with Gasteiger partial charge in [0.15, 0.2) is 5.69 Å². The third-order valence-corrected chi connectivity index (χ3v) is 6.71. The topological polar surface area (TPSA) is 98.2 Å². The van der Waals surface area contributed by atoms with Crippen LogP contribution in [-0.4, -0.2) is 32.7 Å². The Morgan fingerprint density at radius 1 is 1.27 bits per heavy atom. The first-order valence-corrected chi connectivity index (χ1v) is 11.4. The molecule has 3 heterocycles. The number of nitrogens with one attached hydrogen (secondary N) is 3. The first-order valence-electron chi connectivity index (χ1n) is 10.5. The second-order valence-corrected chi connectivity index (χ2v) is 8.85. The monoisotopic (exact) mass is 455 g/mol. The number of hydrogen-bond donors (Lipinski definition) is 4. The van der Waals surface area contributed by atoms with Gasteiger partial charge in [-0.25, -0.2) is 9.83 Å². The molecule has 0 radical (unpaired) electrons. The molecule has 3 aromatic heterocycles. The molecule has 5 rings (SSSR count). The van der Waals surface area contributed by atoms with Crippen molar-refractivity contribution in [1.29, 1.82) is 0 Å². The van der Waals surface area contributed by atoms with E-state index in [-0.39, 0.29) is 18.2 Å². The number of pyridine rings is 1. The normalized spacial score (nSPS) is 12.2. The van der Waals surface area contributed by atoms with Gasteiger partial charge in [-0.05, 0) is 53.4 Å². The molecule has 0 bridgehead atoms. The maximum atomic E-state index is 12.8. The van der Waals surface area contributed by atoms with Gasteiger partial charge in [0.05, 0.1) is 35.9 Å². The van der Waals surface area contributed by atoms with Gasteiger partial charge in [-0.15, -0.1) is 11.3 Å². The fraction of sp³-hybridized carbons (Fsp3) is 0.160. The SMILES string of the molecule is [C-]#[N+]c1cc(C)c2nc(-c3c(NC(CO)Cc4csc5ccccc45)cc[nH]c3=O)[nH]c2c1. The molecule has 33 heavy (non-hydrogen) atoms. The Kier molecular flexibility index (Phi) is 5.42. The van der Waals surface area contributed by atoms with Crippen molar-refractivity contribution in [3.05, 3.63) is 86.9 Å². The zero-order valence-electron chi connectivity index (χ0n) is 17.8. The summed E-state index contributed by atoms with van der Waals surface area (Å²) in [6.07, 6.45) is 2.19. The number of H-pyrrole nitrogens is 2. The van der Waals surface area contributed by atoms with E-state index in [9.17, 15) is 9.90 Å². The highest BCUT2D eigenvalue weighted by Gasteiger charge is 2.19. The molecule has 0 spiro atoms. The Morgan fingerprint density at radius 3 is 2.94 bits per heavy atom. The van der Waals surface area contributed by atoms with Crippen molar-refractivity contribution < 1.29 is 5.11 Å². The standard InChI is InChI=1S/C25H21N5O2S/c1-14-9-16(26-2)11-20-23(14)30-24(29-20)22-19(7-8-27-25(22)32)28-17(12-31)10-15-13-33-21-6-4-3-5-18(15)21/h3-9,11,13,17,31H,10,12H2,1H3,(H,29,30)(H2,27,28,32). The molecular weight excluding hydrogens is 434 g/mol. The molecule has 0 aliphatic rings.